The van der Waals surface area contributed by atoms with E-state index >= 15 is 0 Å². The molecule has 0 bridgehead atoms. The van der Waals surface area contributed by atoms with Gasteiger partial charge in [0.15, 0.2) is 4.96 Å². The maximum absolute atomic E-state index is 12.6. The van der Waals surface area contributed by atoms with Crippen molar-refractivity contribution < 1.29 is 4.74 Å². The lowest BCUT2D eigenvalue weighted by atomic mass is 10.1. The second kappa shape index (κ2) is 9.12. The normalized spacial score (nSPS) is 12.5. The third-order valence-electron chi connectivity index (χ3n) is 5.24. The van der Waals surface area contributed by atoms with Crippen molar-refractivity contribution in [2.75, 3.05) is 7.11 Å². The van der Waals surface area contributed by atoms with E-state index in [1.54, 1.807) is 28.9 Å². The smallest absolute Gasteiger partial charge is 0.259 e. The number of methoxy groups -OCH3 is 1. The number of thiazole rings is 1. The Hall–Kier alpha value is -2.48. The van der Waals surface area contributed by atoms with Gasteiger partial charge >= 0.3 is 0 Å². The summed E-state index contributed by atoms with van der Waals surface area (Å²) in [7, 11) is 1.68. The molecule has 0 spiro atoms. The molecule has 0 fully saturated rings. The van der Waals surface area contributed by atoms with Crippen LogP contribution in [0.25, 0.3) is 4.96 Å². The van der Waals surface area contributed by atoms with Crippen LogP contribution in [0.15, 0.2) is 58.0 Å². The van der Waals surface area contributed by atoms with Crippen molar-refractivity contribution in [1.82, 2.24) is 14.3 Å². The van der Waals surface area contributed by atoms with E-state index in [9.17, 15) is 4.79 Å². The molecule has 4 aromatic rings. The zero-order valence-corrected chi connectivity index (χ0v) is 19.0. The average Bonchev–Trinajstić information content (AvgIpc) is 3.38. The second-order valence-corrected chi connectivity index (χ2v) is 9.34. The number of rotatable bonds is 8. The van der Waals surface area contributed by atoms with E-state index in [1.165, 1.54) is 21.8 Å². The lowest BCUT2D eigenvalue weighted by molar-refractivity contribution is 0.188. The number of thiophene rings is 1. The number of aromatic nitrogens is 2. The fraction of sp³-hybridized carbons (Fsp3) is 0.304. The molecule has 5 nitrogen and oxygen atoms in total. The average molecular weight is 440 g/mol. The Bertz CT molecular complexity index is 1160. The first-order valence-corrected chi connectivity index (χ1v) is 11.7. The third-order valence-corrected chi connectivity index (χ3v) is 7.08. The number of aryl methyl sites for hydroxylation is 1. The molecule has 156 valence electrons. The first-order valence-electron chi connectivity index (χ1n) is 9.89. The summed E-state index contributed by atoms with van der Waals surface area (Å²) in [6.45, 7) is 5.58. The van der Waals surface area contributed by atoms with Crippen LogP contribution >= 0.6 is 22.7 Å². The molecule has 0 amide bonds. The van der Waals surface area contributed by atoms with Gasteiger partial charge in [-0.05, 0) is 49.4 Å². The van der Waals surface area contributed by atoms with Crippen LogP contribution in [0.1, 0.15) is 28.8 Å². The van der Waals surface area contributed by atoms with Crippen molar-refractivity contribution in [3.05, 3.63) is 85.4 Å². The Kier molecular flexibility index (Phi) is 6.32. The minimum Gasteiger partial charge on any atom is -0.497 e. The number of nitrogens with zero attached hydrogens (tertiary/aromatic N) is 3. The summed E-state index contributed by atoms with van der Waals surface area (Å²) in [5, 5.41) is 4.09. The van der Waals surface area contributed by atoms with Crippen LogP contribution < -0.4 is 10.3 Å². The first-order chi connectivity index (χ1) is 14.5. The molecule has 0 N–H and O–H groups in total. The van der Waals surface area contributed by atoms with E-state index in [4.69, 9.17) is 9.72 Å². The molecule has 4 rings (SSSR count). The van der Waals surface area contributed by atoms with E-state index in [-0.39, 0.29) is 5.56 Å². The standard InChI is InChI=1S/C23H25N3O2S2/c1-16(11-21-5-4-10-29-21)25(13-18-6-8-20(28-3)9-7-18)14-19-12-22(27)26-17(2)15-30-23(26)24-19/h4-10,12,15-16H,11,13-14H2,1-3H3. The SMILES string of the molecule is COc1ccc(CN(Cc2cc(=O)n3c(C)csc3n2)C(C)Cc2cccs2)cc1. The van der Waals surface area contributed by atoms with E-state index in [1.807, 2.05) is 24.4 Å². The molecule has 0 saturated heterocycles. The van der Waals surface area contributed by atoms with Gasteiger partial charge in [0.2, 0.25) is 0 Å². The highest BCUT2D eigenvalue weighted by Crippen LogP contribution is 2.20. The zero-order valence-electron chi connectivity index (χ0n) is 17.4. The molecule has 0 saturated carbocycles. The van der Waals surface area contributed by atoms with Gasteiger partial charge in [0.25, 0.3) is 5.56 Å². The summed E-state index contributed by atoms with van der Waals surface area (Å²) in [5.41, 5.74) is 2.94. The maximum atomic E-state index is 12.6. The van der Waals surface area contributed by atoms with Crippen LogP contribution in [-0.2, 0) is 19.5 Å². The Labute approximate surface area is 184 Å². The summed E-state index contributed by atoms with van der Waals surface area (Å²) in [6, 6.07) is 14.4. The number of hydrogen-bond acceptors (Lipinski definition) is 6. The van der Waals surface area contributed by atoms with Crippen LogP contribution in [0.4, 0.5) is 0 Å². The minimum absolute atomic E-state index is 0.0101. The van der Waals surface area contributed by atoms with Crippen molar-refractivity contribution in [3.63, 3.8) is 0 Å². The van der Waals surface area contributed by atoms with Crippen LogP contribution in [0.3, 0.4) is 0 Å². The zero-order chi connectivity index (χ0) is 21.1. The molecule has 3 heterocycles. The molecule has 0 aliphatic rings. The van der Waals surface area contributed by atoms with Crippen molar-refractivity contribution in [3.8, 4) is 5.75 Å². The van der Waals surface area contributed by atoms with Gasteiger partial charge in [0.05, 0.1) is 12.8 Å². The maximum Gasteiger partial charge on any atom is 0.259 e. The van der Waals surface area contributed by atoms with Gasteiger partial charge in [-0.1, -0.05) is 18.2 Å². The van der Waals surface area contributed by atoms with Crippen molar-refractivity contribution in [1.29, 1.82) is 0 Å². The monoisotopic (exact) mass is 439 g/mol. The van der Waals surface area contributed by atoms with Gasteiger partial charge < -0.3 is 4.74 Å². The molecule has 7 heteroatoms. The van der Waals surface area contributed by atoms with Crippen LogP contribution in [0.2, 0.25) is 0 Å². The molecule has 1 unspecified atom stereocenters. The van der Waals surface area contributed by atoms with Gasteiger partial charge in [-0.2, -0.15) is 0 Å². The van der Waals surface area contributed by atoms with E-state index < -0.39 is 0 Å². The van der Waals surface area contributed by atoms with Crippen molar-refractivity contribution in [2.24, 2.45) is 0 Å². The number of benzene rings is 1. The molecule has 0 aliphatic carbocycles. The van der Waals surface area contributed by atoms with Crippen molar-refractivity contribution >= 4 is 27.6 Å². The Morgan fingerprint density at radius 3 is 2.67 bits per heavy atom. The fourth-order valence-electron chi connectivity index (χ4n) is 3.57. The highest BCUT2D eigenvalue weighted by atomic mass is 32.1. The van der Waals surface area contributed by atoms with E-state index in [2.05, 4.69) is 41.5 Å². The minimum atomic E-state index is -0.0101. The number of fused-ring (bicyclic) bond motifs is 1. The van der Waals surface area contributed by atoms with Crippen molar-refractivity contribution in [2.45, 2.75) is 39.4 Å². The largest absolute Gasteiger partial charge is 0.497 e. The summed E-state index contributed by atoms with van der Waals surface area (Å²) in [6.07, 6.45) is 0.965. The van der Waals surface area contributed by atoms with Gasteiger partial charge in [-0.15, -0.1) is 22.7 Å². The lowest BCUT2D eigenvalue weighted by Crippen LogP contribution is -2.34. The third kappa shape index (κ3) is 4.64. The van der Waals surface area contributed by atoms with Crippen LogP contribution in [0.5, 0.6) is 5.75 Å². The molecule has 1 aromatic carbocycles. The second-order valence-electron chi connectivity index (χ2n) is 7.47. The highest BCUT2D eigenvalue weighted by molar-refractivity contribution is 7.15. The molecule has 3 aromatic heterocycles. The predicted octanol–water partition coefficient (Wildman–Crippen LogP) is 4.77. The summed E-state index contributed by atoms with van der Waals surface area (Å²) in [4.78, 5) is 21.9. The Balaban J connectivity index is 1.60. The molecule has 0 aliphatic heterocycles. The van der Waals surface area contributed by atoms with Crippen LogP contribution in [-0.4, -0.2) is 27.4 Å². The lowest BCUT2D eigenvalue weighted by Gasteiger charge is -2.29. The Morgan fingerprint density at radius 1 is 1.17 bits per heavy atom. The highest BCUT2D eigenvalue weighted by Gasteiger charge is 2.18. The molecule has 1 atom stereocenters. The summed E-state index contributed by atoms with van der Waals surface area (Å²) < 4.78 is 6.96. The summed E-state index contributed by atoms with van der Waals surface area (Å²) in [5.74, 6) is 0.852. The fourth-order valence-corrected chi connectivity index (χ4v) is 5.29. The predicted molar refractivity (Wildman–Crippen MR) is 124 cm³/mol. The van der Waals surface area contributed by atoms with E-state index in [0.717, 1.165) is 35.1 Å². The van der Waals surface area contributed by atoms with E-state index in [0.29, 0.717) is 12.6 Å². The quantitative estimate of drug-likeness (QED) is 0.397. The van der Waals surface area contributed by atoms with Gasteiger partial charge in [0.1, 0.15) is 5.75 Å². The van der Waals surface area contributed by atoms with Gasteiger partial charge in [-0.25, -0.2) is 4.98 Å². The summed E-state index contributed by atoms with van der Waals surface area (Å²) >= 11 is 3.29. The van der Waals surface area contributed by atoms with Gasteiger partial charge in [0, 0.05) is 41.1 Å². The molecular formula is C23H25N3O2S2. The molecule has 0 radical (unpaired) electrons. The number of hydrogen-bond donors (Lipinski definition) is 0. The topological polar surface area (TPSA) is 46.8 Å². The first kappa shape index (κ1) is 20.8. The number of ether oxygens (including phenoxy) is 1. The molecular weight excluding hydrogens is 414 g/mol. The van der Waals surface area contributed by atoms with Gasteiger partial charge in [-0.3, -0.25) is 14.1 Å². The van der Waals surface area contributed by atoms with Crippen LogP contribution in [0, 0.1) is 6.92 Å². The molecule has 30 heavy (non-hydrogen) atoms. The Morgan fingerprint density at radius 2 is 1.97 bits per heavy atom.